The number of piperazine rings is 1. The van der Waals surface area contributed by atoms with Crippen LogP contribution in [-0.4, -0.2) is 74.8 Å². The molecule has 0 spiro atoms. The van der Waals surface area contributed by atoms with Crippen molar-refractivity contribution in [2.75, 3.05) is 46.3 Å². The predicted octanol–water partition coefficient (Wildman–Crippen LogP) is 1.17. The summed E-state index contributed by atoms with van der Waals surface area (Å²) in [7, 11) is -1.50. The Kier molecular flexibility index (Phi) is 6.39. The molecule has 2 fully saturated rings. The summed E-state index contributed by atoms with van der Waals surface area (Å²) >= 11 is 0. The number of rotatable bonds is 4. The molecule has 27 heavy (non-hydrogen) atoms. The Morgan fingerprint density at radius 1 is 1.11 bits per heavy atom. The van der Waals surface area contributed by atoms with Crippen LogP contribution in [0.15, 0.2) is 34.2 Å². The number of benzene rings is 1. The van der Waals surface area contributed by atoms with Crippen molar-refractivity contribution < 1.29 is 8.42 Å². The fourth-order valence-electron chi connectivity index (χ4n) is 3.56. The molecule has 2 aliphatic rings. The Labute approximate surface area is 162 Å². The lowest BCUT2D eigenvalue weighted by atomic mass is 10.00. The molecular formula is C19H31N5O2S. The monoisotopic (exact) mass is 393 g/mol. The van der Waals surface area contributed by atoms with Gasteiger partial charge in [0.25, 0.3) is 0 Å². The molecule has 0 saturated carbocycles. The van der Waals surface area contributed by atoms with E-state index in [9.17, 15) is 8.42 Å². The van der Waals surface area contributed by atoms with Crippen LogP contribution in [0.1, 0.15) is 25.3 Å². The fourth-order valence-corrected chi connectivity index (χ4v) is 5.19. The predicted molar refractivity (Wildman–Crippen MR) is 108 cm³/mol. The second-order valence-electron chi connectivity index (χ2n) is 7.66. The lowest BCUT2D eigenvalue weighted by Crippen LogP contribution is -2.47. The van der Waals surface area contributed by atoms with Crippen molar-refractivity contribution in [1.82, 2.24) is 14.1 Å². The normalized spacial score (nSPS) is 21.6. The molecule has 150 valence electrons. The summed E-state index contributed by atoms with van der Waals surface area (Å²) in [6.45, 7) is 6.90. The average Bonchev–Trinajstić information content (AvgIpc) is 2.67. The largest absolute Gasteiger partial charge is 0.370 e. The third-order valence-electron chi connectivity index (χ3n) is 5.57. The topological polar surface area (TPSA) is 82.2 Å². The third kappa shape index (κ3) is 4.80. The molecule has 0 radical (unpaired) electrons. The van der Waals surface area contributed by atoms with E-state index in [2.05, 4.69) is 21.7 Å². The Hall–Kier alpha value is -1.64. The van der Waals surface area contributed by atoms with Crippen LogP contribution < -0.4 is 5.73 Å². The van der Waals surface area contributed by atoms with Crippen molar-refractivity contribution in [3.63, 3.8) is 0 Å². The van der Waals surface area contributed by atoms with E-state index in [0.717, 1.165) is 44.9 Å². The van der Waals surface area contributed by atoms with Gasteiger partial charge >= 0.3 is 0 Å². The molecular weight excluding hydrogens is 362 g/mol. The summed E-state index contributed by atoms with van der Waals surface area (Å²) in [4.78, 5) is 9.09. The van der Waals surface area contributed by atoms with E-state index < -0.39 is 10.0 Å². The van der Waals surface area contributed by atoms with Gasteiger partial charge in [-0.05, 0) is 37.4 Å². The van der Waals surface area contributed by atoms with Crippen molar-refractivity contribution in [3.05, 3.63) is 29.8 Å². The number of hydrogen-bond acceptors (Lipinski definition) is 4. The van der Waals surface area contributed by atoms with Crippen molar-refractivity contribution in [2.24, 2.45) is 16.6 Å². The molecule has 2 aliphatic heterocycles. The average molecular weight is 394 g/mol. The van der Waals surface area contributed by atoms with Gasteiger partial charge in [0.15, 0.2) is 5.96 Å². The number of likely N-dealkylation sites (N-methyl/N-ethyl adjacent to an activating group) is 1. The van der Waals surface area contributed by atoms with E-state index in [1.165, 1.54) is 0 Å². The van der Waals surface area contributed by atoms with Crippen molar-refractivity contribution >= 4 is 16.0 Å². The number of nitrogens with zero attached hydrogens (tertiary/aromatic N) is 4. The molecule has 0 bridgehead atoms. The SMILES string of the molecule is CC1CCN(C(N)=NCc2ccccc2S(=O)(=O)N2CCN(C)CC2)CC1. The minimum atomic E-state index is -3.51. The highest BCUT2D eigenvalue weighted by atomic mass is 32.2. The number of aliphatic imine (C=N–C) groups is 1. The molecule has 1 aromatic rings. The van der Waals surface area contributed by atoms with Gasteiger partial charge in [-0.3, -0.25) is 0 Å². The van der Waals surface area contributed by atoms with E-state index in [-0.39, 0.29) is 6.54 Å². The van der Waals surface area contributed by atoms with E-state index in [1.54, 1.807) is 16.4 Å². The quantitative estimate of drug-likeness (QED) is 0.613. The number of hydrogen-bond donors (Lipinski definition) is 1. The number of sulfonamides is 1. The second-order valence-corrected chi connectivity index (χ2v) is 9.57. The van der Waals surface area contributed by atoms with E-state index >= 15 is 0 Å². The van der Waals surface area contributed by atoms with Crippen molar-refractivity contribution in [1.29, 1.82) is 0 Å². The highest BCUT2D eigenvalue weighted by Gasteiger charge is 2.29. The molecule has 8 heteroatoms. The molecule has 0 atom stereocenters. The molecule has 3 rings (SSSR count). The zero-order chi connectivity index (χ0) is 19.4. The van der Waals surface area contributed by atoms with Crippen LogP contribution in [0.25, 0.3) is 0 Å². The maximum Gasteiger partial charge on any atom is 0.243 e. The highest BCUT2D eigenvalue weighted by Crippen LogP contribution is 2.22. The summed E-state index contributed by atoms with van der Waals surface area (Å²) in [6.07, 6.45) is 2.23. The van der Waals surface area contributed by atoms with Gasteiger partial charge < -0.3 is 15.5 Å². The summed E-state index contributed by atoms with van der Waals surface area (Å²) in [5.41, 5.74) is 6.87. The zero-order valence-corrected chi connectivity index (χ0v) is 17.2. The second kappa shape index (κ2) is 8.58. The molecule has 2 N–H and O–H groups in total. The first-order valence-corrected chi connectivity index (χ1v) is 11.1. The van der Waals surface area contributed by atoms with E-state index in [1.807, 2.05) is 19.2 Å². The maximum atomic E-state index is 13.1. The minimum Gasteiger partial charge on any atom is -0.370 e. The third-order valence-corrected chi connectivity index (χ3v) is 7.57. The standard InChI is InChI=1S/C19H31N5O2S/c1-16-7-9-23(10-8-16)19(20)21-15-17-5-3-4-6-18(17)27(25,26)24-13-11-22(2)12-14-24/h3-6,16H,7-15H2,1-2H3,(H2,20,21). The molecule has 1 aromatic carbocycles. The maximum absolute atomic E-state index is 13.1. The Morgan fingerprint density at radius 2 is 1.74 bits per heavy atom. The molecule has 0 amide bonds. The van der Waals surface area contributed by atoms with Gasteiger partial charge in [0.2, 0.25) is 10.0 Å². The summed E-state index contributed by atoms with van der Waals surface area (Å²) < 4.78 is 27.8. The van der Waals surface area contributed by atoms with Crippen LogP contribution in [0.5, 0.6) is 0 Å². The molecule has 0 aliphatic carbocycles. The van der Waals surface area contributed by atoms with E-state index in [4.69, 9.17) is 5.73 Å². The van der Waals surface area contributed by atoms with Gasteiger partial charge in [-0.15, -0.1) is 0 Å². The Balaban J connectivity index is 1.75. The Bertz CT molecular complexity index is 764. The number of guanidine groups is 1. The molecule has 2 saturated heterocycles. The van der Waals surface area contributed by atoms with Crippen LogP contribution >= 0.6 is 0 Å². The number of nitrogens with two attached hydrogens (primary N) is 1. The fraction of sp³-hybridized carbons (Fsp3) is 0.632. The Morgan fingerprint density at radius 3 is 2.41 bits per heavy atom. The summed E-state index contributed by atoms with van der Waals surface area (Å²) in [5, 5.41) is 0. The van der Waals surface area contributed by atoms with Gasteiger partial charge in [0, 0.05) is 39.3 Å². The van der Waals surface area contributed by atoms with Gasteiger partial charge in [-0.1, -0.05) is 25.1 Å². The smallest absolute Gasteiger partial charge is 0.243 e. The van der Waals surface area contributed by atoms with E-state index in [0.29, 0.717) is 29.5 Å². The molecule has 7 nitrogen and oxygen atoms in total. The van der Waals surface area contributed by atoms with Gasteiger partial charge in [0.1, 0.15) is 0 Å². The van der Waals surface area contributed by atoms with Gasteiger partial charge in [0.05, 0.1) is 11.4 Å². The van der Waals surface area contributed by atoms with Crippen LogP contribution in [0, 0.1) is 5.92 Å². The molecule has 2 heterocycles. The zero-order valence-electron chi connectivity index (χ0n) is 16.3. The van der Waals surface area contributed by atoms with Crippen molar-refractivity contribution in [3.8, 4) is 0 Å². The van der Waals surface area contributed by atoms with Crippen molar-refractivity contribution in [2.45, 2.75) is 31.2 Å². The first-order chi connectivity index (χ1) is 12.9. The molecule has 0 unspecified atom stereocenters. The number of likely N-dealkylation sites (tertiary alicyclic amines) is 1. The molecule has 0 aromatic heterocycles. The van der Waals surface area contributed by atoms with Crippen LogP contribution in [-0.2, 0) is 16.6 Å². The number of piperidine rings is 1. The first kappa shape index (κ1) is 20.1. The van der Waals surface area contributed by atoms with Crippen LogP contribution in [0.2, 0.25) is 0 Å². The summed E-state index contributed by atoms with van der Waals surface area (Å²) in [5.74, 6) is 1.23. The minimum absolute atomic E-state index is 0.279. The highest BCUT2D eigenvalue weighted by molar-refractivity contribution is 7.89. The van der Waals surface area contributed by atoms with Gasteiger partial charge in [-0.25, -0.2) is 13.4 Å². The van der Waals surface area contributed by atoms with Crippen LogP contribution in [0.3, 0.4) is 0 Å². The lowest BCUT2D eigenvalue weighted by Gasteiger charge is -2.32. The van der Waals surface area contributed by atoms with Gasteiger partial charge in [-0.2, -0.15) is 4.31 Å². The summed E-state index contributed by atoms with van der Waals surface area (Å²) in [6, 6.07) is 7.13. The first-order valence-electron chi connectivity index (χ1n) is 9.69. The lowest BCUT2D eigenvalue weighted by molar-refractivity contribution is 0.222. The van der Waals surface area contributed by atoms with Crippen LogP contribution in [0.4, 0.5) is 0 Å².